The molecule has 0 fully saturated rings. The molecule has 0 unspecified atom stereocenters. The van der Waals surface area contributed by atoms with Crippen LogP contribution in [0.3, 0.4) is 0 Å². The molecular weight excluding hydrogens is 174 g/mol. The second-order valence-corrected chi connectivity index (χ2v) is 3.85. The highest BCUT2D eigenvalue weighted by Crippen LogP contribution is 1.87. The van der Waals surface area contributed by atoms with Crippen molar-refractivity contribution in [2.45, 2.75) is 19.4 Å². The van der Waals surface area contributed by atoms with Crippen LogP contribution in [-0.2, 0) is 9.16 Å². The number of carbonyl (C=O) groups is 1. The Morgan fingerprint density at radius 3 is 2.92 bits per heavy atom. The molecule has 0 aliphatic rings. The number of alkyl carbamates (subject to hydrolysis) is 1. The van der Waals surface area contributed by atoms with E-state index in [9.17, 15) is 4.79 Å². The third kappa shape index (κ3) is 7.55. The molecule has 0 spiro atoms. The van der Waals surface area contributed by atoms with Crippen molar-refractivity contribution < 1.29 is 14.0 Å². The minimum absolute atomic E-state index is 0.332. The van der Waals surface area contributed by atoms with Crippen LogP contribution in [0.1, 0.15) is 13.3 Å². The maximum absolute atomic E-state index is 10.5. The predicted octanol–water partition coefficient (Wildman–Crippen LogP) is 0.271. The fourth-order valence-electron chi connectivity index (χ4n) is 0.736. The van der Waals surface area contributed by atoms with E-state index >= 15 is 0 Å². The first-order chi connectivity index (χ1) is 5.81. The zero-order valence-corrected chi connectivity index (χ0v) is 9.17. The van der Waals surface area contributed by atoms with E-state index in [2.05, 4.69) is 10.1 Å². The third-order valence-electron chi connectivity index (χ3n) is 1.37. The van der Waals surface area contributed by atoms with E-state index in [4.69, 9.17) is 4.43 Å². The van der Waals surface area contributed by atoms with Crippen molar-refractivity contribution in [3.63, 3.8) is 0 Å². The number of ether oxygens (including phenoxy) is 1. The molecule has 0 rings (SSSR count). The standard InChI is InChI=1S/C7H17NO3Si/c1-3-11-12-6-4-5-8-7(9)10-2/h3-6,12H2,1-2H3,(H,8,9). The van der Waals surface area contributed by atoms with Gasteiger partial charge < -0.3 is 14.5 Å². The van der Waals surface area contributed by atoms with Gasteiger partial charge in [-0.3, -0.25) is 0 Å². The van der Waals surface area contributed by atoms with Crippen LogP contribution in [0.5, 0.6) is 0 Å². The van der Waals surface area contributed by atoms with E-state index in [0.29, 0.717) is 6.54 Å². The zero-order valence-electron chi connectivity index (χ0n) is 7.76. The third-order valence-corrected chi connectivity index (χ3v) is 2.86. The molecule has 72 valence electrons. The number of amides is 1. The molecule has 4 nitrogen and oxygen atoms in total. The van der Waals surface area contributed by atoms with Crippen molar-refractivity contribution in [3.05, 3.63) is 0 Å². The van der Waals surface area contributed by atoms with Gasteiger partial charge in [0.05, 0.1) is 7.11 Å². The van der Waals surface area contributed by atoms with Crippen LogP contribution >= 0.6 is 0 Å². The Labute approximate surface area is 75.6 Å². The lowest BCUT2D eigenvalue weighted by atomic mass is 10.5. The molecule has 1 N–H and O–H groups in total. The summed E-state index contributed by atoms with van der Waals surface area (Å²) in [5.41, 5.74) is 0. The molecule has 5 heteroatoms. The maximum atomic E-state index is 10.5. The molecule has 0 saturated carbocycles. The summed E-state index contributed by atoms with van der Waals surface area (Å²) >= 11 is 0. The van der Waals surface area contributed by atoms with Crippen molar-refractivity contribution >= 4 is 15.9 Å². The molecule has 0 heterocycles. The highest BCUT2D eigenvalue weighted by molar-refractivity contribution is 6.26. The van der Waals surface area contributed by atoms with Gasteiger partial charge in [0.25, 0.3) is 0 Å². The number of hydrogen-bond acceptors (Lipinski definition) is 3. The number of nitrogens with one attached hydrogen (secondary N) is 1. The largest absolute Gasteiger partial charge is 0.453 e. The maximum Gasteiger partial charge on any atom is 0.406 e. The topological polar surface area (TPSA) is 47.6 Å². The Balaban J connectivity index is 2.95. The summed E-state index contributed by atoms with van der Waals surface area (Å²) in [4.78, 5) is 10.5. The van der Waals surface area contributed by atoms with Gasteiger partial charge in [0, 0.05) is 13.2 Å². The van der Waals surface area contributed by atoms with Crippen LogP contribution < -0.4 is 5.32 Å². The van der Waals surface area contributed by atoms with E-state index in [1.807, 2.05) is 6.92 Å². The van der Waals surface area contributed by atoms with Gasteiger partial charge >= 0.3 is 6.09 Å². The van der Waals surface area contributed by atoms with Gasteiger partial charge in [0.15, 0.2) is 9.76 Å². The number of carbonyl (C=O) groups excluding carboxylic acids is 1. The molecular formula is C7H17NO3Si. The van der Waals surface area contributed by atoms with Crippen LogP contribution in [0.4, 0.5) is 4.79 Å². The SMILES string of the molecule is CCO[SiH2]CCCNC(=O)OC. The van der Waals surface area contributed by atoms with Crippen molar-refractivity contribution in [1.29, 1.82) is 0 Å². The van der Waals surface area contributed by atoms with Crippen LogP contribution in [-0.4, -0.2) is 36.1 Å². The van der Waals surface area contributed by atoms with Crippen molar-refractivity contribution in [2.75, 3.05) is 20.3 Å². The first-order valence-electron chi connectivity index (χ1n) is 4.20. The van der Waals surface area contributed by atoms with E-state index < -0.39 is 0 Å². The van der Waals surface area contributed by atoms with Gasteiger partial charge in [-0.25, -0.2) is 4.79 Å². The minimum Gasteiger partial charge on any atom is -0.453 e. The summed E-state index contributed by atoms with van der Waals surface area (Å²) in [5, 5.41) is 2.61. The Bertz CT molecular complexity index is 121. The fraction of sp³-hybridized carbons (Fsp3) is 0.857. The fourth-order valence-corrected chi connectivity index (χ4v) is 1.68. The van der Waals surface area contributed by atoms with Crippen LogP contribution in [0.15, 0.2) is 0 Å². The second kappa shape index (κ2) is 8.54. The summed E-state index contributed by atoms with van der Waals surface area (Å²) in [6, 6.07) is 1.11. The van der Waals surface area contributed by atoms with Crippen molar-refractivity contribution in [1.82, 2.24) is 5.32 Å². The average molecular weight is 191 g/mol. The molecule has 0 aliphatic heterocycles. The normalized spacial score (nSPS) is 10.5. The Morgan fingerprint density at radius 1 is 1.58 bits per heavy atom. The lowest BCUT2D eigenvalue weighted by molar-refractivity contribution is 0.171. The molecule has 0 aromatic rings. The summed E-state index contributed by atoms with van der Waals surface area (Å²) in [6.45, 7) is 3.50. The monoisotopic (exact) mass is 191 g/mol. The molecule has 12 heavy (non-hydrogen) atoms. The van der Waals surface area contributed by atoms with Crippen molar-refractivity contribution in [2.24, 2.45) is 0 Å². The zero-order chi connectivity index (χ0) is 9.23. The molecule has 0 atom stereocenters. The van der Waals surface area contributed by atoms with Crippen LogP contribution in [0, 0.1) is 0 Å². The quantitative estimate of drug-likeness (QED) is 0.484. The molecule has 0 radical (unpaired) electrons. The molecule has 0 bridgehead atoms. The highest BCUT2D eigenvalue weighted by Gasteiger charge is 1.95. The second-order valence-electron chi connectivity index (χ2n) is 2.32. The summed E-state index contributed by atoms with van der Waals surface area (Å²) < 4.78 is 9.67. The van der Waals surface area contributed by atoms with Crippen molar-refractivity contribution in [3.8, 4) is 0 Å². The van der Waals surface area contributed by atoms with E-state index in [-0.39, 0.29) is 15.9 Å². The number of hydrogen-bond donors (Lipinski definition) is 1. The predicted molar refractivity (Wildman–Crippen MR) is 50.0 cm³/mol. The van der Waals surface area contributed by atoms with Gasteiger partial charge in [-0.05, 0) is 19.4 Å². The first kappa shape index (κ1) is 11.4. The van der Waals surface area contributed by atoms with Crippen LogP contribution in [0.25, 0.3) is 0 Å². The van der Waals surface area contributed by atoms with E-state index in [1.165, 1.54) is 7.11 Å². The number of methoxy groups -OCH3 is 1. The molecule has 0 aliphatic carbocycles. The lowest BCUT2D eigenvalue weighted by Gasteiger charge is -2.02. The molecule has 0 aromatic carbocycles. The number of rotatable bonds is 6. The smallest absolute Gasteiger partial charge is 0.406 e. The van der Waals surface area contributed by atoms with Gasteiger partial charge in [-0.15, -0.1) is 0 Å². The molecule has 0 saturated heterocycles. The summed E-state index contributed by atoms with van der Waals surface area (Å²) in [7, 11) is 1.03. The van der Waals surface area contributed by atoms with Gasteiger partial charge in [-0.1, -0.05) is 0 Å². The van der Waals surface area contributed by atoms with Gasteiger partial charge in [0.2, 0.25) is 0 Å². The Morgan fingerprint density at radius 2 is 2.33 bits per heavy atom. The minimum atomic E-state index is -0.354. The molecule has 0 aromatic heterocycles. The Hall–Kier alpha value is -0.553. The van der Waals surface area contributed by atoms with E-state index in [1.54, 1.807) is 0 Å². The van der Waals surface area contributed by atoms with Crippen LogP contribution in [0.2, 0.25) is 6.04 Å². The van der Waals surface area contributed by atoms with Gasteiger partial charge in [0.1, 0.15) is 0 Å². The summed E-state index contributed by atoms with van der Waals surface area (Å²) in [6.07, 6.45) is 0.634. The Kier molecular flexibility index (Phi) is 8.15. The van der Waals surface area contributed by atoms with E-state index in [0.717, 1.165) is 19.1 Å². The average Bonchev–Trinajstić information content (AvgIpc) is 2.10. The summed E-state index contributed by atoms with van der Waals surface area (Å²) in [5.74, 6) is 0. The van der Waals surface area contributed by atoms with Gasteiger partial charge in [-0.2, -0.15) is 0 Å². The highest BCUT2D eigenvalue weighted by atomic mass is 28.2. The lowest BCUT2D eigenvalue weighted by Crippen LogP contribution is -2.24. The molecule has 1 amide bonds. The first-order valence-corrected chi connectivity index (χ1v) is 5.78.